The summed E-state index contributed by atoms with van der Waals surface area (Å²) in [4.78, 5) is 4.42. The number of halogens is 1. The van der Waals surface area contributed by atoms with Gasteiger partial charge in [0.2, 0.25) is 0 Å². The van der Waals surface area contributed by atoms with Crippen molar-refractivity contribution in [2.24, 2.45) is 0 Å². The van der Waals surface area contributed by atoms with E-state index >= 15 is 0 Å². The van der Waals surface area contributed by atoms with Crippen LogP contribution in [-0.2, 0) is 0 Å². The second kappa shape index (κ2) is 5.74. The molecule has 0 saturated carbocycles. The molecule has 1 aromatic carbocycles. The number of benzene rings is 1. The molecule has 0 atom stereocenters. The lowest BCUT2D eigenvalue weighted by atomic mass is 9.98. The Kier molecular flexibility index (Phi) is 4.25. The number of para-hydroxylation sites is 1. The molecule has 1 heterocycles. The molecule has 0 bridgehead atoms. The van der Waals surface area contributed by atoms with Crippen molar-refractivity contribution in [1.29, 1.82) is 0 Å². The van der Waals surface area contributed by atoms with Crippen molar-refractivity contribution in [3.63, 3.8) is 0 Å². The maximum Gasteiger partial charge on any atom is 0.130 e. The standard InChI is InChI=1S/C16H19BrN2/c1-10(2)13-7-5-6-11(3)16(13)19-15-8-12(4)14(17)9-18-15/h5-10H,1-4H3,(H,18,19). The molecule has 1 N–H and O–H groups in total. The maximum atomic E-state index is 4.42. The van der Waals surface area contributed by atoms with Gasteiger partial charge in [-0.2, -0.15) is 0 Å². The van der Waals surface area contributed by atoms with Crippen LogP contribution in [0.2, 0.25) is 0 Å². The Hall–Kier alpha value is -1.35. The quantitative estimate of drug-likeness (QED) is 0.827. The molecule has 3 heteroatoms. The summed E-state index contributed by atoms with van der Waals surface area (Å²) >= 11 is 3.48. The lowest BCUT2D eigenvalue weighted by Gasteiger charge is -2.17. The lowest BCUT2D eigenvalue weighted by Crippen LogP contribution is -2.02. The molecule has 0 amide bonds. The van der Waals surface area contributed by atoms with Crippen LogP contribution >= 0.6 is 15.9 Å². The Morgan fingerprint density at radius 1 is 1.16 bits per heavy atom. The van der Waals surface area contributed by atoms with Gasteiger partial charge in [-0.3, -0.25) is 0 Å². The molecule has 2 aromatic rings. The molecule has 2 nitrogen and oxygen atoms in total. The molecule has 0 aliphatic heterocycles. The first-order valence-corrected chi connectivity index (χ1v) is 7.27. The van der Waals surface area contributed by atoms with Gasteiger partial charge in [-0.25, -0.2) is 4.98 Å². The van der Waals surface area contributed by atoms with E-state index in [9.17, 15) is 0 Å². The van der Waals surface area contributed by atoms with E-state index in [0.717, 1.165) is 10.3 Å². The third-order valence-electron chi connectivity index (χ3n) is 3.23. The van der Waals surface area contributed by atoms with Crippen molar-refractivity contribution in [1.82, 2.24) is 4.98 Å². The molecular formula is C16H19BrN2. The zero-order valence-corrected chi connectivity index (χ0v) is 13.4. The molecule has 0 spiro atoms. The highest BCUT2D eigenvalue weighted by molar-refractivity contribution is 9.10. The molecular weight excluding hydrogens is 300 g/mol. The number of anilines is 2. The number of hydrogen-bond donors (Lipinski definition) is 1. The SMILES string of the molecule is Cc1cc(Nc2c(C)cccc2C(C)C)ncc1Br. The zero-order chi connectivity index (χ0) is 14.0. The monoisotopic (exact) mass is 318 g/mol. The average molecular weight is 319 g/mol. The van der Waals surface area contributed by atoms with Gasteiger partial charge in [0.25, 0.3) is 0 Å². The zero-order valence-electron chi connectivity index (χ0n) is 11.8. The number of rotatable bonds is 3. The van der Waals surface area contributed by atoms with E-state index in [4.69, 9.17) is 0 Å². The molecule has 0 saturated heterocycles. The number of hydrogen-bond acceptors (Lipinski definition) is 2. The Balaban J connectivity index is 2.40. The van der Waals surface area contributed by atoms with E-state index in [2.05, 4.69) is 78.2 Å². The predicted octanol–water partition coefficient (Wildman–Crippen LogP) is 5.33. The summed E-state index contributed by atoms with van der Waals surface area (Å²) in [5.41, 5.74) is 4.92. The van der Waals surface area contributed by atoms with Crippen LogP contribution in [-0.4, -0.2) is 4.98 Å². The van der Waals surface area contributed by atoms with Crippen LogP contribution in [0.15, 0.2) is 34.9 Å². The number of nitrogens with zero attached hydrogens (tertiary/aromatic N) is 1. The predicted molar refractivity (Wildman–Crippen MR) is 85.2 cm³/mol. The highest BCUT2D eigenvalue weighted by atomic mass is 79.9. The van der Waals surface area contributed by atoms with Crippen LogP contribution in [0, 0.1) is 13.8 Å². The molecule has 100 valence electrons. The summed E-state index contributed by atoms with van der Waals surface area (Å²) in [7, 11) is 0. The third kappa shape index (κ3) is 3.16. The first kappa shape index (κ1) is 14.1. The number of aromatic nitrogens is 1. The van der Waals surface area contributed by atoms with Crippen LogP contribution in [0.3, 0.4) is 0 Å². The second-order valence-electron chi connectivity index (χ2n) is 5.14. The van der Waals surface area contributed by atoms with Crippen LogP contribution in [0.5, 0.6) is 0 Å². The second-order valence-corrected chi connectivity index (χ2v) is 5.99. The number of nitrogens with one attached hydrogen (secondary N) is 1. The molecule has 2 rings (SSSR count). The highest BCUT2D eigenvalue weighted by Gasteiger charge is 2.10. The molecule has 0 fully saturated rings. The Morgan fingerprint density at radius 3 is 2.53 bits per heavy atom. The molecule has 19 heavy (non-hydrogen) atoms. The number of aryl methyl sites for hydroxylation is 2. The molecule has 0 radical (unpaired) electrons. The molecule has 0 aliphatic carbocycles. The van der Waals surface area contributed by atoms with Gasteiger partial charge in [0, 0.05) is 16.4 Å². The van der Waals surface area contributed by atoms with Gasteiger partial charge in [-0.15, -0.1) is 0 Å². The summed E-state index contributed by atoms with van der Waals surface area (Å²) in [5, 5.41) is 3.46. The van der Waals surface area contributed by atoms with Gasteiger partial charge in [0.05, 0.1) is 0 Å². The Labute approximate surface area is 123 Å². The van der Waals surface area contributed by atoms with Gasteiger partial charge in [-0.1, -0.05) is 32.0 Å². The minimum absolute atomic E-state index is 0.485. The van der Waals surface area contributed by atoms with Gasteiger partial charge >= 0.3 is 0 Å². The summed E-state index contributed by atoms with van der Waals surface area (Å²) in [6.45, 7) is 8.61. The van der Waals surface area contributed by atoms with Crippen molar-refractivity contribution in [2.75, 3.05) is 5.32 Å². The van der Waals surface area contributed by atoms with Gasteiger partial charge in [0.15, 0.2) is 0 Å². The molecule has 0 aliphatic rings. The fraction of sp³-hybridized carbons (Fsp3) is 0.312. The Morgan fingerprint density at radius 2 is 1.89 bits per heavy atom. The van der Waals surface area contributed by atoms with Crippen molar-refractivity contribution in [2.45, 2.75) is 33.6 Å². The smallest absolute Gasteiger partial charge is 0.130 e. The van der Waals surface area contributed by atoms with E-state index in [1.165, 1.54) is 22.4 Å². The van der Waals surface area contributed by atoms with Crippen molar-refractivity contribution < 1.29 is 0 Å². The van der Waals surface area contributed by atoms with Crippen LogP contribution in [0.4, 0.5) is 11.5 Å². The van der Waals surface area contributed by atoms with Crippen molar-refractivity contribution >= 4 is 27.4 Å². The minimum atomic E-state index is 0.485. The lowest BCUT2D eigenvalue weighted by molar-refractivity contribution is 0.867. The van der Waals surface area contributed by atoms with Crippen LogP contribution in [0.1, 0.15) is 36.5 Å². The Bertz CT molecular complexity index is 591. The summed E-state index contributed by atoms with van der Waals surface area (Å²) in [6, 6.07) is 8.46. The minimum Gasteiger partial charge on any atom is -0.340 e. The first-order valence-electron chi connectivity index (χ1n) is 6.47. The fourth-order valence-electron chi connectivity index (χ4n) is 2.08. The van der Waals surface area contributed by atoms with E-state index in [1.807, 2.05) is 6.20 Å². The van der Waals surface area contributed by atoms with Gasteiger partial charge in [-0.05, 0) is 58.5 Å². The average Bonchev–Trinajstić information content (AvgIpc) is 2.36. The van der Waals surface area contributed by atoms with E-state index < -0.39 is 0 Å². The maximum absolute atomic E-state index is 4.42. The largest absolute Gasteiger partial charge is 0.340 e. The van der Waals surface area contributed by atoms with E-state index in [0.29, 0.717) is 5.92 Å². The van der Waals surface area contributed by atoms with Crippen LogP contribution in [0.25, 0.3) is 0 Å². The van der Waals surface area contributed by atoms with E-state index in [-0.39, 0.29) is 0 Å². The van der Waals surface area contributed by atoms with Gasteiger partial charge in [0.1, 0.15) is 5.82 Å². The molecule has 0 unspecified atom stereocenters. The summed E-state index contributed by atoms with van der Waals surface area (Å²) in [5.74, 6) is 1.37. The van der Waals surface area contributed by atoms with Crippen LogP contribution < -0.4 is 5.32 Å². The first-order chi connectivity index (χ1) is 8.99. The normalized spacial score (nSPS) is 10.8. The van der Waals surface area contributed by atoms with Gasteiger partial charge < -0.3 is 5.32 Å². The fourth-order valence-corrected chi connectivity index (χ4v) is 2.29. The summed E-state index contributed by atoms with van der Waals surface area (Å²) < 4.78 is 1.03. The van der Waals surface area contributed by atoms with Crippen molar-refractivity contribution in [3.8, 4) is 0 Å². The third-order valence-corrected chi connectivity index (χ3v) is 4.06. The van der Waals surface area contributed by atoms with E-state index in [1.54, 1.807) is 0 Å². The summed E-state index contributed by atoms with van der Waals surface area (Å²) in [6.07, 6.45) is 1.84. The molecule has 1 aromatic heterocycles. The number of pyridine rings is 1. The van der Waals surface area contributed by atoms with Crippen molar-refractivity contribution in [3.05, 3.63) is 51.6 Å². The topological polar surface area (TPSA) is 24.9 Å². The highest BCUT2D eigenvalue weighted by Crippen LogP contribution is 2.30.